The Labute approximate surface area is 33.5 Å². The quantitative estimate of drug-likeness (QED) is 0.367. The van der Waals surface area contributed by atoms with E-state index < -0.39 is 11.1 Å². The minimum absolute atomic E-state index is 0.0833. The maximum Gasteiger partial charge on any atom is 0.199 e. The van der Waals surface area contributed by atoms with Gasteiger partial charge in [-0.1, -0.05) is 0 Å². The molecule has 1 N–H and O–H groups in total. The molecule has 0 saturated carbocycles. The molecule has 30 valence electrons. The molecular weight excluding hydrogens is 88.1 g/mol. The van der Waals surface area contributed by atoms with Crippen LogP contribution in [0, 0.1) is 6.92 Å². The van der Waals surface area contributed by atoms with E-state index >= 15 is 0 Å². The predicted octanol–water partition coefficient (Wildman–Crippen LogP) is 0.0422. The molecule has 0 aliphatic rings. The molecule has 1 atom stereocenters. The van der Waals surface area contributed by atoms with Gasteiger partial charge in [-0.3, -0.25) is 0 Å². The molecule has 1 unspecified atom stereocenters. The van der Waals surface area contributed by atoms with Crippen LogP contribution in [0.15, 0.2) is 0 Å². The summed E-state index contributed by atoms with van der Waals surface area (Å²) < 4.78 is 17.2. The van der Waals surface area contributed by atoms with E-state index in [2.05, 4.69) is 6.92 Å². The van der Waals surface area contributed by atoms with Crippen molar-refractivity contribution in [2.75, 3.05) is 5.75 Å². The summed E-state index contributed by atoms with van der Waals surface area (Å²) in [6, 6.07) is 0. The summed E-state index contributed by atoms with van der Waals surface area (Å²) in [5.74, 6) is 0.0833. The Morgan fingerprint density at radius 3 is 2.20 bits per heavy atom. The first kappa shape index (κ1) is 4.98. The third-order valence-corrected chi connectivity index (χ3v) is 0.524. The normalized spacial score (nSPS) is 14.6. The van der Waals surface area contributed by atoms with Gasteiger partial charge in [0.25, 0.3) is 0 Å². The van der Waals surface area contributed by atoms with E-state index in [0.29, 0.717) is 0 Å². The van der Waals surface area contributed by atoms with Gasteiger partial charge in [-0.2, -0.15) is 0 Å². The second-order valence-corrected chi connectivity index (χ2v) is 1.58. The van der Waals surface area contributed by atoms with Crippen molar-refractivity contribution in [3.8, 4) is 0 Å². The van der Waals surface area contributed by atoms with Gasteiger partial charge in [0.2, 0.25) is 0 Å². The molecule has 5 heavy (non-hydrogen) atoms. The van der Waals surface area contributed by atoms with E-state index in [-0.39, 0.29) is 5.75 Å². The van der Waals surface area contributed by atoms with Crippen LogP contribution in [0.1, 0.15) is 0 Å². The molecule has 0 aliphatic heterocycles. The van der Waals surface area contributed by atoms with Crippen LogP contribution in [0.4, 0.5) is 0 Å². The molecule has 0 radical (unpaired) electrons. The van der Waals surface area contributed by atoms with Gasteiger partial charge in [0, 0.05) is 0 Å². The molecule has 0 fully saturated rings. The fraction of sp³-hybridized carbons (Fsp3) is 0.500. The van der Waals surface area contributed by atoms with Crippen LogP contribution >= 0.6 is 0 Å². The van der Waals surface area contributed by atoms with Gasteiger partial charge < -0.3 is 4.55 Å². The highest BCUT2D eigenvalue weighted by Crippen LogP contribution is 1.63. The van der Waals surface area contributed by atoms with Crippen LogP contribution in [0.2, 0.25) is 0 Å². The Morgan fingerprint density at radius 1 is 2.00 bits per heavy atom. The zero-order valence-corrected chi connectivity index (χ0v) is 3.49. The van der Waals surface area contributed by atoms with E-state index in [9.17, 15) is 4.21 Å². The SMILES string of the molecule is [CH2+]CS(=O)O. The second-order valence-electron chi connectivity index (χ2n) is 0.526. The lowest BCUT2D eigenvalue weighted by molar-refractivity contribution is 0.567. The minimum Gasteiger partial charge on any atom is -0.303 e. The first-order valence-corrected chi connectivity index (χ1v) is 2.41. The smallest absolute Gasteiger partial charge is 0.199 e. The molecule has 2 nitrogen and oxygen atoms in total. The van der Waals surface area contributed by atoms with Gasteiger partial charge in [0.05, 0.1) is 6.92 Å². The average Bonchev–Trinajstić information content (AvgIpc) is 1.38. The van der Waals surface area contributed by atoms with Crippen LogP contribution in [0.3, 0.4) is 0 Å². The summed E-state index contributed by atoms with van der Waals surface area (Å²) in [7, 11) is 0. The first-order valence-electron chi connectivity index (χ1n) is 1.14. The standard InChI is InChI=1S/C2H4O2S/c1-2-5(3)4/h1-2H2/p+1. The van der Waals surface area contributed by atoms with E-state index in [1.165, 1.54) is 0 Å². The summed E-state index contributed by atoms with van der Waals surface area (Å²) in [5.41, 5.74) is 0. The van der Waals surface area contributed by atoms with Crippen LogP contribution in [0.5, 0.6) is 0 Å². The molecule has 0 aromatic carbocycles. The molecule has 3 heteroatoms. The Bertz CT molecular complexity index is 42.9. The van der Waals surface area contributed by atoms with Crippen molar-refractivity contribution in [3.63, 3.8) is 0 Å². The lowest BCUT2D eigenvalue weighted by Crippen LogP contribution is -1.85. The highest BCUT2D eigenvalue weighted by molar-refractivity contribution is 7.79. The fourth-order valence-corrected chi connectivity index (χ4v) is 0. The first-order chi connectivity index (χ1) is 2.27. The van der Waals surface area contributed by atoms with Crippen molar-refractivity contribution in [1.29, 1.82) is 0 Å². The molecule has 0 aromatic rings. The third kappa shape index (κ3) is 3.98. The number of hydrogen-bond donors (Lipinski definition) is 1. The van der Waals surface area contributed by atoms with Crippen molar-refractivity contribution < 1.29 is 8.76 Å². The lowest BCUT2D eigenvalue weighted by atomic mass is 11.0. The lowest BCUT2D eigenvalue weighted by Gasteiger charge is -1.66. The predicted molar refractivity (Wildman–Crippen MR) is 21.0 cm³/mol. The zero-order valence-electron chi connectivity index (χ0n) is 2.68. The van der Waals surface area contributed by atoms with Gasteiger partial charge in [-0.15, -0.1) is 0 Å². The minimum atomic E-state index is -1.68. The summed E-state index contributed by atoms with van der Waals surface area (Å²) in [6.07, 6.45) is 0. The number of hydrogen-bond acceptors (Lipinski definition) is 1. The van der Waals surface area contributed by atoms with E-state index in [1.54, 1.807) is 0 Å². The van der Waals surface area contributed by atoms with E-state index in [0.717, 1.165) is 0 Å². The van der Waals surface area contributed by atoms with Gasteiger partial charge in [-0.25, -0.2) is 4.21 Å². The summed E-state index contributed by atoms with van der Waals surface area (Å²) in [4.78, 5) is 0. The molecule has 0 aromatic heterocycles. The van der Waals surface area contributed by atoms with Gasteiger partial charge in [0.15, 0.2) is 16.8 Å². The van der Waals surface area contributed by atoms with Gasteiger partial charge in [0.1, 0.15) is 0 Å². The maximum atomic E-state index is 9.42. The molecule has 0 saturated heterocycles. The zero-order chi connectivity index (χ0) is 4.28. The van der Waals surface area contributed by atoms with Crippen molar-refractivity contribution in [2.24, 2.45) is 0 Å². The second kappa shape index (κ2) is 2.23. The molecule has 0 spiro atoms. The Hall–Kier alpha value is -0.0200. The van der Waals surface area contributed by atoms with Gasteiger partial charge in [-0.05, 0) is 0 Å². The topological polar surface area (TPSA) is 37.3 Å². The van der Waals surface area contributed by atoms with Crippen LogP contribution in [0.25, 0.3) is 0 Å². The van der Waals surface area contributed by atoms with Crippen molar-refractivity contribution in [2.45, 2.75) is 0 Å². The highest BCUT2D eigenvalue weighted by atomic mass is 32.2. The Morgan fingerprint density at radius 2 is 2.20 bits per heavy atom. The van der Waals surface area contributed by atoms with Crippen molar-refractivity contribution in [1.82, 2.24) is 0 Å². The van der Waals surface area contributed by atoms with Crippen LogP contribution in [-0.2, 0) is 11.1 Å². The molecule has 0 bridgehead atoms. The molecule has 0 aliphatic carbocycles. The molecule has 0 amide bonds. The Kier molecular flexibility index (Phi) is 2.22. The van der Waals surface area contributed by atoms with Crippen molar-refractivity contribution >= 4 is 11.1 Å². The monoisotopic (exact) mass is 93.0 g/mol. The van der Waals surface area contributed by atoms with Crippen molar-refractivity contribution in [3.05, 3.63) is 6.92 Å². The average molecular weight is 93.1 g/mol. The van der Waals surface area contributed by atoms with Gasteiger partial charge >= 0.3 is 0 Å². The van der Waals surface area contributed by atoms with Crippen LogP contribution < -0.4 is 0 Å². The number of rotatable bonds is 1. The summed E-state index contributed by atoms with van der Waals surface area (Å²) in [5, 5.41) is 0. The summed E-state index contributed by atoms with van der Waals surface area (Å²) >= 11 is -1.68. The van der Waals surface area contributed by atoms with E-state index in [4.69, 9.17) is 4.55 Å². The molecule has 0 rings (SSSR count). The largest absolute Gasteiger partial charge is 0.303 e. The maximum absolute atomic E-state index is 9.42. The summed E-state index contributed by atoms with van der Waals surface area (Å²) in [6.45, 7) is 3.14. The highest BCUT2D eigenvalue weighted by Gasteiger charge is 1.84. The molecule has 0 heterocycles. The Balaban J connectivity index is 2.85. The molecular formula is C2H5O2S+. The van der Waals surface area contributed by atoms with E-state index in [1.807, 2.05) is 0 Å². The fourth-order valence-electron chi connectivity index (χ4n) is 0. The van der Waals surface area contributed by atoms with Crippen LogP contribution in [-0.4, -0.2) is 14.5 Å². The third-order valence-electron chi connectivity index (χ3n) is 0.175.